The van der Waals surface area contributed by atoms with Gasteiger partial charge in [-0.3, -0.25) is 15.0 Å². The van der Waals surface area contributed by atoms with E-state index in [1.807, 2.05) is 13.0 Å². The number of benzene rings is 1. The van der Waals surface area contributed by atoms with E-state index < -0.39 is 11.9 Å². The Bertz CT molecular complexity index is 628. The minimum absolute atomic E-state index is 0.0530. The summed E-state index contributed by atoms with van der Waals surface area (Å²) in [5.74, 6) is -2.47. The average Bonchev–Trinajstić information content (AvgIpc) is 2.58. The van der Waals surface area contributed by atoms with Crippen LogP contribution in [0.4, 0.5) is 5.69 Å². The Hall–Kier alpha value is -2.68. The molecule has 1 aliphatic rings. The van der Waals surface area contributed by atoms with Crippen LogP contribution in [0.1, 0.15) is 25.3 Å². The van der Waals surface area contributed by atoms with Gasteiger partial charge in [-0.15, -0.1) is 0 Å². The number of nitro benzene ring substituents is 1. The third kappa shape index (κ3) is 7.47. The molecule has 1 aromatic rings. The van der Waals surface area contributed by atoms with Crippen LogP contribution in [0.2, 0.25) is 0 Å². The highest BCUT2D eigenvalue weighted by molar-refractivity contribution is 6.27. The lowest BCUT2D eigenvalue weighted by Crippen LogP contribution is -2.35. The van der Waals surface area contributed by atoms with Crippen molar-refractivity contribution in [2.75, 3.05) is 26.2 Å². The molecule has 9 nitrogen and oxygen atoms in total. The van der Waals surface area contributed by atoms with Gasteiger partial charge in [0.05, 0.1) is 4.92 Å². The zero-order valence-electron chi connectivity index (χ0n) is 14.9. The maximum Gasteiger partial charge on any atom is 0.414 e. The van der Waals surface area contributed by atoms with Gasteiger partial charge in [-0.1, -0.05) is 13.0 Å². The van der Waals surface area contributed by atoms with Gasteiger partial charge < -0.3 is 14.9 Å². The fourth-order valence-electron chi connectivity index (χ4n) is 2.46. The maximum absolute atomic E-state index is 11.0. The first-order chi connectivity index (χ1) is 12.2. The summed E-state index contributed by atoms with van der Waals surface area (Å²) in [4.78, 5) is 31.2. The average molecular weight is 368 g/mol. The molecule has 26 heavy (non-hydrogen) atoms. The highest BCUT2D eigenvalue weighted by Gasteiger charge is 2.17. The molecule has 9 heteroatoms. The molecular weight excluding hydrogens is 344 g/mol. The summed E-state index contributed by atoms with van der Waals surface area (Å²) in [6.07, 6.45) is 2.45. The van der Waals surface area contributed by atoms with E-state index >= 15 is 0 Å². The first-order valence-electron chi connectivity index (χ1n) is 8.27. The molecular formula is C17H24N2O7. The number of aliphatic carboxylic acids is 2. The van der Waals surface area contributed by atoms with E-state index in [1.54, 1.807) is 12.1 Å². The largest absolute Gasteiger partial charge is 0.485 e. The standard InChI is InChI=1S/C15H22N2O3.C2H2O4/c1-12-5-7-16(8-6-12)9-10-20-15-4-3-13(2)11-14(15)17(18)19;3-1(4)2(5)6/h3-4,11-12H,5-10H2,1-2H3;(H,3,4)(H,5,6). The molecule has 0 atom stereocenters. The van der Waals surface area contributed by atoms with Crippen molar-refractivity contribution in [1.29, 1.82) is 0 Å². The Morgan fingerprint density at radius 2 is 1.85 bits per heavy atom. The molecule has 0 saturated carbocycles. The Morgan fingerprint density at radius 3 is 2.35 bits per heavy atom. The zero-order chi connectivity index (χ0) is 19.7. The second kappa shape index (κ2) is 10.3. The molecule has 1 aliphatic heterocycles. The van der Waals surface area contributed by atoms with E-state index in [4.69, 9.17) is 24.5 Å². The van der Waals surface area contributed by atoms with Gasteiger partial charge in [0, 0.05) is 12.6 Å². The number of nitro groups is 1. The van der Waals surface area contributed by atoms with E-state index in [0.717, 1.165) is 31.1 Å². The van der Waals surface area contributed by atoms with Crippen LogP contribution in [0.5, 0.6) is 5.75 Å². The summed E-state index contributed by atoms with van der Waals surface area (Å²) in [6.45, 7) is 7.65. The molecule has 1 heterocycles. The summed E-state index contributed by atoms with van der Waals surface area (Å²) in [6, 6.07) is 5.08. The smallest absolute Gasteiger partial charge is 0.414 e. The number of nitrogens with zero attached hydrogens (tertiary/aromatic N) is 2. The van der Waals surface area contributed by atoms with Crippen molar-refractivity contribution in [1.82, 2.24) is 4.90 Å². The van der Waals surface area contributed by atoms with E-state index in [0.29, 0.717) is 12.4 Å². The van der Waals surface area contributed by atoms with Crippen LogP contribution in [0.3, 0.4) is 0 Å². The van der Waals surface area contributed by atoms with Crippen LogP contribution < -0.4 is 4.74 Å². The van der Waals surface area contributed by atoms with Gasteiger partial charge in [0.1, 0.15) is 6.61 Å². The molecule has 0 aliphatic carbocycles. The molecule has 0 bridgehead atoms. The molecule has 0 aromatic heterocycles. The third-order valence-electron chi connectivity index (χ3n) is 4.04. The summed E-state index contributed by atoms with van der Waals surface area (Å²) in [7, 11) is 0. The quantitative estimate of drug-likeness (QED) is 0.459. The van der Waals surface area contributed by atoms with E-state index in [-0.39, 0.29) is 10.6 Å². The van der Waals surface area contributed by atoms with E-state index in [9.17, 15) is 10.1 Å². The van der Waals surface area contributed by atoms with Crippen LogP contribution in [0.25, 0.3) is 0 Å². The van der Waals surface area contributed by atoms with Crippen LogP contribution >= 0.6 is 0 Å². The SMILES string of the molecule is Cc1ccc(OCCN2CCC(C)CC2)c([N+](=O)[O-])c1.O=C(O)C(=O)O. The number of carboxylic acid groups (broad SMARTS) is 2. The number of carboxylic acids is 2. The first-order valence-corrected chi connectivity index (χ1v) is 8.27. The number of likely N-dealkylation sites (tertiary alicyclic amines) is 1. The van der Waals surface area contributed by atoms with Crippen molar-refractivity contribution in [3.8, 4) is 5.75 Å². The normalized spacial score (nSPS) is 14.8. The summed E-state index contributed by atoms with van der Waals surface area (Å²) in [5.41, 5.74) is 0.923. The highest BCUT2D eigenvalue weighted by atomic mass is 16.6. The van der Waals surface area contributed by atoms with E-state index in [1.165, 1.54) is 12.8 Å². The maximum atomic E-state index is 11.0. The zero-order valence-corrected chi connectivity index (χ0v) is 14.9. The first kappa shape index (κ1) is 21.4. The Morgan fingerprint density at radius 1 is 1.27 bits per heavy atom. The van der Waals surface area contributed by atoms with Gasteiger partial charge in [0.25, 0.3) is 0 Å². The van der Waals surface area contributed by atoms with Crippen LogP contribution in [0.15, 0.2) is 18.2 Å². The van der Waals surface area contributed by atoms with E-state index in [2.05, 4.69) is 11.8 Å². The minimum Gasteiger partial charge on any atom is -0.485 e. The Labute approximate surface area is 151 Å². The highest BCUT2D eigenvalue weighted by Crippen LogP contribution is 2.27. The Balaban J connectivity index is 0.000000487. The lowest BCUT2D eigenvalue weighted by Gasteiger charge is -2.29. The molecule has 144 valence electrons. The molecule has 1 saturated heterocycles. The fourth-order valence-corrected chi connectivity index (χ4v) is 2.46. The minimum atomic E-state index is -1.82. The summed E-state index contributed by atoms with van der Waals surface area (Å²) >= 11 is 0. The van der Waals surface area contributed by atoms with Crippen molar-refractivity contribution in [3.63, 3.8) is 0 Å². The Kier molecular flexibility index (Phi) is 8.50. The van der Waals surface area contributed by atoms with Crippen LogP contribution in [-0.2, 0) is 9.59 Å². The van der Waals surface area contributed by atoms with Crippen molar-refractivity contribution >= 4 is 17.6 Å². The van der Waals surface area contributed by atoms with Crippen molar-refractivity contribution < 1.29 is 29.5 Å². The second-order valence-electron chi connectivity index (χ2n) is 6.21. The van der Waals surface area contributed by atoms with Gasteiger partial charge in [-0.2, -0.15) is 0 Å². The molecule has 2 N–H and O–H groups in total. The predicted octanol–water partition coefficient (Wildman–Crippen LogP) is 2.17. The van der Waals surface area contributed by atoms with Gasteiger partial charge in [0.15, 0.2) is 5.75 Å². The molecule has 1 fully saturated rings. The van der Waals surface area contributed by atoms with Crippen LogP contribution in [-0.4, -0.2) is 58.2 Å². The lowest BCUT2D eigenvalue weighted by atomic mass is 9.99. The molecule has 1 aromatic carbocycles. The van der Waals surface area contributed by atoms with Crippen LogP contribution in [0, 0.1) is 23.0 Å². The van der Waals surface area contributed by atoms with Gasteiger partial charge >= 0.3 is 17.6 Å². The van der Waals surface area contributed by atoms with Crippen molar-refractivity contribution in [2.45, 2.75) is 26.7 Å². The summed E-state index contributed by atoms with van der Waals surface area (Å²) < 4.78 is 5.60. The topological polar surface area (TPSA) is 130 Å². The molecule has 0 spiro atoms. The molecule has 0 amide bonds. The van der Waals surface area contributed by atoms with Gasteiger partial charge in [-0.05, 0) is 50.4 Å². The summed E-state index contributed by atoms with van der Waals surface area (Å²) in [5, 5.41) is 25.8. The molecule has 0 radical (unpaired) electrons. The number of rotatable bonds is 5. The fraction of sp³-hybridized carbons (Fsp3) is 0.529. The molecule has 0 unspecified atom stereocenters. The predicted molar refractivity (Wildman–Crippen MR) is 93.4 cm³/mol. The monoisotopic (exact) mass is 368 g/mol. The number of hydrogen-bond donors (Lipinski definition) is 2. The number of ether oxygens (including phenoxy) is 1. The molecule has 2 rings (SSSR count). The second-order valence-corrected chi connectivity index (χ2v) is 6.21. The number of aryl methyl sites for hydroxylation is 1. The third-order valence-corrected chi connectivity index (χ3v) is 4.04. The number of carbonyl (C=O) groups is 2. The number of piperidine rings is 1. The van der Waals surface area contributed by atoms with Gasteiger partial charge in [0.2, 0.25) is 0 Å². The van der Waals surface area contributed by atoms with Crippen molar-refractivity contribution in [2.24, 2.45) is 5.92 Å². The van der Waals surface area contributed by atoms with Gasteiger partial charge in [-0.25, -0.2) is 9.59 Å². The lowest BCUT2D eigenvalue weighted by molar-refractivity contribution is -0.385. The number of hydrogen-bond acceptors (Lipinski definition) is 6. The van der Waals surface area contributed by atoms with Crippen molar-refractivity contribution in [3.05, 3.63) is 33.9 Å².